The van der Waals surface area contributed by atoms with E-state index in [0.717, 1.165) is 19.4 Å². The van der Waals surface area contributed by atoms with Gasteiger partial charge in [-0.3, -0.25) is 19.7 Å². The van der Waals surface area contributed by atoms with Gasteiger partial charge in [0.1, 0.15) is 0 Å². The summed E-state index contributed by atoms with van der Waals surface area (Å²) in [5.74, 6) is -0.0485. The molecule has 0 radical (unpaired) electrons. The van der Waals surface area contributed by atoms with Crippen LogP contribution < -0.4 is 10.1 Å². The Kier molecular flexibility index (Phi) is 7.59. The molecule has 2 fully saturated rings. The molecule has 1 aromatic carbocycles. The van der Waals surface area contributed by atoms with E-state index >= 15 is 0 Å². The number of halogens is 1. The number of nitro benzene ring substituents is 1. The lowest BCUT2D eigenvalue weighted by Gasteiger charge is -2.41. The van der Waals surface area contributed by atoms with E-state index in [0.29, 0.717) is 32.8 Å². The minimum atomic E-state index is -0.541. The Labute approximate surface area is 169 Å². The molecule has 3 rings (SSSR count). The van der Waals surface area contributed by atoms with Crippen LogP contribution >= 0.6 is 12.4 Å². The van der Waals surface area contributed by atoms with Crippen molar-refractivity contribution in [2.24, 2.45) is 0 Å². The summed E-state index contributed by atoms with van der Waals surface area (Å²) in [4.78, 5) is 39.3. The molecule has 2 heterocycles. The van der Waals surface area contributed by atoms with Crippen molar-refractivity contribution >= 4 is 29.9 Å². The molecule has 2 saturated heterocycles. The third-order valence-corrected chi connectivity index (χ3v) is 4.95. The molecule has 0 bridgehead atoms. The van der Waals surface area contributed by atoms with Crippen LogP contribution in [0.1, 0.15) is 30.1 Å². The number of nitrogens with zero attached hydrogens (tertiary/aromatic N) is 3. The van der Waals surface area contributed by atoms with E-state index in [1.54, 1.807) is 17.9 Å². The zero-order valence-electron chi connectivity index (χ0n) is 15.8. The Hall–Kier alpha value is -2.39. The highest BCUT2D eigenvalue weighted by Crippen LogP contribution is 2.29. The Bertz CT molecular complexity index is 745. The summed E-state index contributed by atoms with van der Waals surface area (Å²) in [6, 6.07) is 4.29. The molecule has 2 aliphatic heterocycles. The van der Waals surface area contributed by atoms with Crippen LogP contribution in [0.3, 0.4) is 0 Å². The van der Waals surface area contributed by atoms with Crippen molar-refractivity contribution in [1.29, 1.82) is 0 Å². The lowest BCUT2D eigenvalue weighted by molar-refractivity contribution is -0.385. The summed E-state index contributed by atoms with van der Waals surface area (Å²) in [6.45, 7) is 4.80. The third-order valence-electron chi connectivity index (χ3n) is 4.95. The molecule has 0 aliphatic carbocycles. The summed E-state index contributed by atoms with van der Waals surface area (Å²) in [6.07, 6.45) is 1.66. The lowest BCUT2D eigenvalue weighted by Crippen LogP contribution is -2.57. The standard InChI is InChI=1S/C18H24N4O5.ClH/c1-2-27-16-6-5-13(10-15(16)22(25)26)18(24)20-8-3-4-14(12-20)21-9-7-19-11-17(21)23;/h5-6,10,14,19H,2-4,7-9,11-12H2,1H3;1H. The highest BCUT2D eigenvalue weighted by Gasteiger charge is 2.32. The summed E-state index contributed by atoms with van der Waals surface area (Å²) in [7, 11) is 0. The second kappa shape index (κ2) is 9.70. The first-order valence-corrected chi connectivity index (χ1v) is 9.22. The number of nitro groups is 1. The predicted octanol–water partition coefficient (Wildman–Crippen LogP) is 1.45. The summed E-state index contributed by atoms with van der Waals surface area (Å²) >= 11 is 0. The number of likely N-dealkylation sites (tertiary alicyclic amines) is 1. The molecule has 154 valence electrons. The smallest absolute Gasteiger partial charge is 0.311 e. The van der Waals surface area contributed by atoms with Crippen molar-refractivity contribution < 1.29 is 19.2 Å². The summed E-state index contributed by atoms with van der Waals surface area (Å²) in [5, 5.41) is 14.3. The molecule has 9 nitrogen and oxygen atoms in total. The van der Waals surface area contributed by atoms with Crippen molar-refractivity contribution in [1.82, 2.24) is 15.1 Å². The number of amides is 2. The number of carbonyl (C=O) groups is 2. The van der Waals surface area contributed by atoms with Gasteiger partial charge in [0.15, 0.2) is 5.75 Å². The van der Waals surface area contributed by atoms with Gasteiger partial charge in [-0.2, -0.15) is 0 Å². The van der Waals surface area contributed by atoms with E-state index in [-0.39, 0.29) is 47.3 Å². The van der Waals surface area contributed by atoms with Crippen molar-refractivity contribution in [3.05, 3.63) is 33.9 Å². The van der Waals surface area contributed by atoms with Crippen molar-refractivity contribution in [2.45, 2.75) is 25.8 Å². The van der Waals surface area contributed by atoms with Crippen molar-refractivity contribution in [2.75, 3.05) is 39.3 Å². The van der Waals surface area contributed by atoms with E-state index in [2.05, 4.69) is 5.32 Å². The number of hydrogen-bond donors (Lipinski definition) is 1. The van der Waals surface area contributed by atoms with Gasteiger partial charge in [0, 0.05) is 43.9 Å². The molecule has 0 aromatic heterocycles. The first kappa shape index (κ1) is 21.9. The summed E-state index contributed by atoms with van der Waals surface area (Å²) < 4.78 is 5.27. The highest BCUT2D eigenvalue weighted by molar-refractivity contribution is 5.95. The molecule has 1 unspecified atom stereocenters. The number of piperazine rings is 1. The fraction of sp³-hybridized carbons (Fsp3) is 0.556. The molecule has 2 aliphatic rings. The van der Waals surface area contributed by atoms with Crippen LogP contribution in [0, 0.1) is 10.1 Å². The molecule has 28 heavy (non-hydrogen) atoms. The average Bonchev–Trinajstić information content (AvgIpc) is 2.68. The van der Waals surface area contributed by atoms with Crippen LogP contribution in [-0.2, 0) is 4.79 Å². The first-order valence-electron chi connectivity index (χ1n) is 9.22. The lowest BCUT2D eigenvalue weighted by atomic mass is 10.0. The average molecular weight is 413 g/mol. The third kappa shape index (κ3) is 4.71. The SMILES string of the molecule is CCOc1ccc(C(=O)N2CCCC(N3CCNCC3=O)C2)cc1[N+](=O)[O-].Cl. The maximum atomic E-state index is 12.9. The monoisotopic (exact) mass is 412 g/mol. The molecule has 10 heteroatoms. The van der Waals surface area contributed by atoms with Crippen LogP contribution in [0.2, 0.25) is 0 Å². The van der Waals surface area contributed by atoms with Gasteiger partial charge in [-0.25, -0.2) is 0 Å². The maximum Gasteiger partial charge on any atom is 0.311 e. The van der Waals surface area contributed by atoms with Gasteiger partial charge >= 0.3 is 5.69 Å². The fourth-order valence-corrected chi connectivity index (χ4v) is 3.65. The number of nitrogens with one attached hydrogen (secondary N) is 1. The quantitative estimate of drug-likeness (QED) is 0.579. The van der Waals surface area contributed by atoms with Gasteiger partial charge in [0.2, 0.25) is 5.91 Å². The van der Waals surface area contributed by atoms with Crippen molar-refractivity contribution in [3.8, 4) is 5.75 Å². The van der Waals surface area contributed by atoms with Gasteiger partial charge < -0.3 is 19.9 Å². The zero-order chi connectivity index (χ0) is 19.4. The van der Waals surface area contributed by atoms with Crippen LogP contribution in [0.5, 0.6) is 5.75 Å². The molecular weight excluding hydrogens is 388 g/mol. The van der Waals surface area contributed by atoms with E-state index < -0.39 is 4.92 Å². The second-order valence-corrected chi connectivity index (χ2v) is 6.68. The molecule has 1 N–H and O–H groups in total. The van der Waals surface area contributed by atoms with Gasteiger partial charge in [-0.05, 0) is 31.9 Å². The van der Waals surface area contributed by atoms with Crippen LogP contribution in [-0.4, -0.2) is 71.9 Å². The van der Waals surface area contributed by atoms with E-state index in [9.17, 15) is 19.7 Å². The van der Waals surface area contributed by atoms with E-state index in [1.165, 1.54) is 12.1 Å². The number of rotatable bonds is 5. The predicted molar refractivity (Wildman–Crippen MR) is 105 cm³/mol. The Morgan fingerprint density at radius 3 is 2.86 bits per heavy atom. The molecule has 1 atom stereocenters. The highest BCUT2D eigenvalue weighted by atomic mass is 35.5. The largest absolute Gasteiger partial charge is 0.487 e. The van der Waals surface area contributed by atoms with Gasteiger partial charge in [-0.15, -0.1) is 12.4 Å². The maximum absolute atomic E-state index is 12.9. The van der Waals surface area contributed by atoms with E-state index in [4.69, 9.17) is 4.74 Å². The van der Waals surface area contributed by atoms with Crippen LogP contribution in [0.15, 0.2) is 18.2 Å². The minimum Gasteiger partial charge on any atom is -0.487 e. The fourth-order valence-electron chi connectivity index (χ4n) is 3.65. The minimum absolute atomic E-state index is 0. The van der Waals surface area contributed by atoms with E-state index in [1.807, 2.05) is 4.90 Å². The first-order chi connectivity index (χ1) is 13.0. The molecule has 2 amide bonds. The number of carbonyl (C=O) groups excluding carboxylic acids is 2. The number of hydrogen-bond acceptors (Lipinski definition) is 6. The van der Waals surface area contributed by atoms with Crippen molar-refractivity contribution in [3.63, 3.8) is 0 Å². The van der Waals surface area contributed by atoms with Gasteiger partial charge in [0.25, 0.3) is 5.91 Å². The topological polar surface area (TPSA) is 105 Å². The Balaban J connectivity index is 0.00000280. The molecular formula is C18H25ClN4O5. The molecule has 0 saturated carbocycles. The Morgan fingerprint density at radius 2 is 2.18 bits per heavy atom. The normalized spacial score (nSPS) is 19.8. The number of ether oxygens (including phenoxy) is 1. The zero-order valence-corrected chi connectivity index (χ0v) is 16.6. The van der Waals surface area contributed by atoms with Crippen LogP contribution in [0.25, 0.3) is 0 Å². The molecule has 0 spiro atoms. The number of piperidine rings is 1. The molecule has 1 aromatic rings. The van der Waals surface area contributed by atoms with Crippen LogP contribution in [0.4, 0.5) is 5.69 Å². The Morgan fingerprint density at radius 1 is 1.39 bits per heavy atom. The van der Waals surface area contributed by atoms with Gasteiger partial charge in [-0.1, -0.05) is 0 Å². The van der Waals surface area contributed by atoms with Gasteiger partial charge in [0.05, 0.1) is 18.1 Å². The second-order valence-electron chi connectivity index (χ2n) is 6.68. The summed E-state index contributed by atoms with van der Waals surface area (Å²) in [5.41, 5.74) is 0.0472. The number of benzene rings is 1.